The first-order valence-electron chi connectivity index (χ1n) is 16.1. The highest BCUT2D eigenvalue weighted by molar-refractivity contribution is 5.92. The highest BCUT2D eigenvalue weighted by Crippen LogP contribution is 2.34. The van der Waals surface area contributed by atoms with Crippen LogP contribution in [-0.4, -0.2) is 75.4 Å². The molecule has 1 saturated heterocycles. The Morgan fingerprint density at radius 3 is 1.85 bits per heavy atom. The summed E-state index contributed by atoms with van der Waals surface area (Å²) in [6, 6.07) is 27.7. The molecule has 53 heavy (non-hydrogen) atoms. The summed E-state index contributed by atoms with van der Waals surface area (Å²) in [6.45, 7) is -0.912. The lowest BCUT2D eigenvalue weighted by molar-refractivity contribution is -0.0705. The van der Waals surface area contributed by atoms with Gasteiger partial charge in [-0.15, -0.1) is 0 Å². The Hall–Kier alpha value is -6.87. The molecular weight excluding hydrogens is 690 g/mol. The van der Waals surface area contributed by atoms with Crippen LogP contribution in [0.5, 0.6) is 5.75 Å². The number of esters is 4. The van der Waals surface area contributed by atoms with Gasteiger partial charge in [-0.3, -0.25) is 9.36 Å². The van der Waals surface area contributed by atoms with Gasteiger partial charge in [0.15, 0.2) is 18.4 Å². The average molecular weight is 722 g/mol. The van der Waals surface area contributed by atoms with E-state index in [4.69, 9.17) is 23.7 Å². The van der Waals surface area contributed by atoms with E-state index in [1.54, 1.807) is 54.6 Å². The number of benzene rings is 4. The molecule has 0 aliphatic carbocycles. The summed E-state index contributed by atoms with van der Waals surface area (Å²) in [5.74, 6) is -3.65. The molecule has 1 aliphatic heterocycles. The van der Waals surface area contributed by atoms with Crippen LogP contribution in [0.4, 0.5) is 0 Å². The van der Waals surface area contributed by atoms with E-state index in [-0.39, 0.29) is 33.6 Å². The maximum Gasteiger partial charge on any atom is 0.350 e. The first kappa shape index (κ1) is 35.9. The van der Waals surface area contributed by atoms with Gasteiger partial charge in [0, 0.05) is 0 Å². The van der Waals surface area contributed by atoms with Crippen molar-refractivity contribution in [2.75, 3.05) is 13.7 Å². The Labute approximate surface area is 300 Å². The molecule has 1 aliphatic rings. The van der Waals surface area contributed by atoms with E-state index in [1.807, 2.05) is 0 Å². The molecule has 0 spiro atoms. The second-order valence-electron chi connectivity index (χ2n) is 11.6. The van der Waals surface area contributed by atoms with E-state index in [1.165, 1.54) is 54.6 Å². The van der Waals surface area contributed by atoms with E-state index in [2.05, 4.69) is 5.10 Å². The molecule has 2 heterocycles. The number of methoxy groups -OCH3 is 1. The number of hydrogen-bond acceptors (Lipinski definition) is 13. The van der Waals surface area contributed by atoms with E-state index in [0.29, 0.717) is 0 Å². The molecule has 0 amide bonds. The van der Waals surface area contributed by atoms with Crippen molar-refractivity contribution in [3.63, 3.8) is 0 Å². The fourth-order valence-electron chi connectivity index (χ4n) is 5.56. The Morgan fingerprint density at radius 2 is 1.28 bits per heavy atom. The molecule has 0 radical (unpaired) electrons. The molecule has 1 unspecified atom stereocenters. The lowest BCUT2D eigenvalue weighted by Gasteiger charge is -2.24. The number of hydrogen-bond donors (Lipinski definition) is 1. The monoisotopic (exact) mass is 721 g/mol. The first-order chi connectivity index (χ1) is 25.6. The second kappa shape index (κ2) is 16.0. The van der Waals surface area contributed by atoms with Gasteiger partial charge < -0.3 is 28.8 Å². The number of ether oxygens (including phenoxy) is 5. The third-order valence-electron chi connectivity index (χ3n) is 8.21. The van der Waals surface area contributed by atoms with Crippen LogP contribution in [0.25, 0.3) is 0 Å². The second-order valence-corrected chi connectivity index (χ2v) is 11.6. The van der Waals surface area contributed by atoms with Crippen molar-refractivity contribution in [2.24, 2.45) is 0 Å². The zero-order valence-electron chi connectivity index (χ0n) is 28.0. The van der Waals surface area contributed by atoms with Gasteiger partial charge in [0.25, 0.3) is 5.56 Å². The normalized spacial score (nSPS) is 17.8. The maximum atomic E-state index is 14.0. The number of aromatic hydroxyl groups is 1. The molecule has 4 atom stereocenters. The van der Waals surface area contributed by atoms with Gasteiger partial charge in [-0.05, 0) is 54.1 Å². The van der Waals surface area contributed by atoms with Gasteiger partial charge in [0.2, 0.25) is 0 Å². The van der Waals surface area contributed by atoms with Gasteiger partial charge in [-0.1, -0.05) is 60.7 Å². The van der Waals surface area contributed by atoms with Gasteiger partial charge in [-0.25, -0.2) is 24.0 Å². The molecule has 15 heteroatoms. The summed E-state index contributed by atoms with van der Waals surface area (Å²) in [4.78, 5) is 79.1. The Morgan fingerprint density at radius 1 is 0.736 bits per heavy atom. The van der Waals surface area contributed by atoms with Crippen molar-refractivity contribution in [2.45, 2.75) is 31.1 Å². The summed E-state index contributed by atoms with van der Waals surface area (Å²) < 4.78 is 29.7. The number of aromatic nitrogens is 3. The smallest absolute Gasteiger partial charge is 0.350 e. The maximum absolute atomic E-state index is 14.0. The van der Waals surface area contributed by atoms with Gasteiger partial charge in [0.1, 0.15) is 30.2 Å². The van der Waals surface area contributed by atoms with Crippen molar-refractivity contribution < 1.29 is 48.0 Å². The number of phenols is 1. The predicted octanol–water partition coefficient (Wildman–Crippen LogP) is 3.15. The number of nitrogens with zero attached hydrogens (tertiary/aromatic N) is 3. The molecular formula is C38H31N3O12. The molecule has 1 fully saturated rings. The van der Waals surface area contributed by atoms with Crippen LogP contribution in [-0.2, 0) is 30.2 Å². The fraction of sp³-hybridized carbons (Fsp3) is 0.184. The minimum absolute atomic E-state index is 0.123. The standard InChI is InChI=1S/C38H31N3O12/c1-49-37(47)27-19-23(17-18-28(27)42)21-40-30(43)20-39-41(38(40)48)33-32(53-36(46)26-15-9-4-10-16-26)31(52-35(45)25-13-7-3-8-14-25)29(51-33)22-50-34(44)24-11-5-2-6-12-24/h2-20,29,31-33,42H,21-22H2,1H3/t29-,31-,32-,33?/m1/s1. The number of carbonyl (C=O) groups is 4. The van der Waals surface area contributed by atoms with Crippen molar-refractivity contribution >= 4 is 23.9 Å². The third-order valence-corrected chi connectivity index (χ3v) is 8.21. The Balaban J connectivity index is 1.40. The van der Waals surface area contributed by atoms with Gasteiger partial charge >= 0.3 is 29.6 Å². The van der Waals surface area contributed by atoms with Crippen LogP contribution >= 0.6 is 0 Å². The molecule has 0 saturated carbocycles. The summed E-state index contributed by atoms with van der Waals surface area (Å²) in [6.07, 6.45) is -5.16. The quantitative estimate of drug-likeness (QED) is 0.155. The van der Waals surface area contributed by atoms with E-state index in [9.17, 15) is 33.9 Å². The van der Waals surface area contributed by atoms with E-state index < -0.39 is 72.8 Å². The van der Waals surface area contributed by atoms with Crippen LogP contribution in [0, 0.1) is 0 Å². The lowest BCUT2D eigenvalue weighted by Crippen LogP contribution is -2.46. The average Bonchev–Trinajstić information content (AvgIpc) is 3.51. The van der Waals surface area contributed by atoms with Crippen molar-refractivity contribution in [1.29, 1.82) is 0 Å². The zero-order valence-corrected chi connectivity index (χ0v) is 28.0. The van der Waals surface area contributed by atoms with E-state index in [0.717, 1.165) is 22.6 Å². The number of carbonyl (C=O) groups excluding carboxylic acids is 4. The highest BCUT2D eigenvalue weighted by Gasteiger charge is 2.52. The van der Waals surface area contributed by atoms with Gasteiger partial charge in [-0.2, -0.15) is 9.78 Å². The molecule has 15 nitrogen and oxygen atoms in total. The Kier molecular flexibility index (Phi) is 10.8. The fourth-order valence-corrected chi connectivity index (χ4v) is 5.56. The van der Waals surface area contributed by atoms with Crippen molar-refractivity contribution in [3.05, 3.63) is 164 Å². The SMILES string of the molecule is COC(=O)c1cc(Cn2c(=O)cnn(C3O[C@H](COC(=O)c4ccccc4)[C@@H](OC(=O)c4ccccc4)[C@H]3OC(=O)c3ccccc3)c2=O)ccc1O. The first-order valence-corrected chi connectivity index (χ1v) is 16.1. The Bertz CT molecular complexity index is 2240. The highest BCUT2D eigenvalue weighted by atomic mass is 16.7. The van der Waals surface area contributed by atoms with Gasteiger partial charge in [0.05, 0.1) is 30.3 Å². The minimum atomic E-state index is -1.62. The lowest BCUT2D eigenvalue weighted by atomic mass is 10.1. The predicted molar refractivity (Wildman–Crippen MR) is 183 cm³/mol. The minimum Gasteiger partial charge on any atom is -0.507 e. The van der Waals surface area contributed by atoms with Crippen LogP contribution < -0.4 is 11.2 Å². The topological polar surface area (TPSA) is 192 Å². The summed E-state index contributed by atoms with van der Waals surface area (Å²) >= 11 is 0. The number of rotatable bonds is 11. The van der Waals surface area contributed by atoms with Crippen molar-refractivity contribution in [3.8, 4) is 5.75 Å². The zero-order chi connectivity index (χ0) is 37.5. The summed E-state index contributed by atoms with van der Waals surface area (Å²) in [5, 5.41) is 14.1. The third kappa shape index (κ3) is 8.05. The molecule has 1 N–H and O–H groups in total. The molecule has 5 aromatic rings. The summed E-state index contributed by atoms with van der Waals surface area (Å²) in [5.41, 5.74) is -1.32. The molecule has 0 bridgehead atoms. The van der Waals surface area contributed by atoms with Crippen molar-refractivity contribution in [1.82, 2.24) is 14.3 Å². The summed E-state index contributed by atoms with van der Waals surface area (Å²) in [7, 11) is 1.13. The molecule has 6 rings (SSSR count). The van der Waals surface area contributed by atoms with E-state index >= 15 is 0 Å². The molecule has 1 aromatic heterocycles. The molecule has 4 aromatic carbocycles. The number of phenolic OH excluding ortho intramolecular Hbond substituents is 1. The van der Waals surface area contributed by atoms with Crippen LogP contribution in [0.1, 0.15) is 53.2 Å². The van der Waals surface area contributed by atoms with Crippen LogP contribution in [0.2, 0.25) is 0 Å². The largest absolute Gasteiger partial charge is 0.507 e. The van der Waals surface area contributed by atoms with Crippen LogP contribution in [0.3, 0.4) is 0 Å². The van der Waals surface area contributed by atoms with Crippen LogP contribution in [0.15, 0.2) is 125 Å². The molecule has 270 valence electrons.